The number of aliphatic carboxylic acids is 1. The Kier molecular flexibility index (Phi) is 8.29. The molecular formula is C20H27F3N2O3. The van der Waals surface area contributed by atoms with Crippen LogP contribution in [0.2, 0.25) is 0 Å². The van der Waals surface area contributed by atoms with Crippen LogP contribution in [0.5, 0.6) is 0 Å². The Morgan fingerprint density at radius 1 is 1.04 bits per heavy atom. The van der Waals surface area contributed by atoms with Crippen LogP contribution in [-0.4, -0.2) is 65.7 Å². The fraction of sp³-hybridized carbons (Fsp3) is 0.600. The highest BCUT2D eigenvalue weighted by molar-refractivity contribution is 5.78. The summed E-state index contributed by atoms with van der Waals surface area (Å²) in [6.07, 6.45) is 0.620. The second-order valence-corrected chi connectivity index (χ2v) is 7.32. The van der Waals surface area contributed by atoms with E-state index in [4.69, 9.17) is 9.90 Å². The number of nitrogens with zero attached hydrogens (tertiary/aromatic N) is 2. The number of amides is 1. The zero-order chi connectivity index (χ0) is 20.6. The van der Waals surface area contributed by atoms with Gasteiger partial charge in [0.25, 0.3) is 0 Å². The maximum atomic E-state index is 12.5. The van der Waals surface area contributed by atoms with Gasteiger partial charge in [0.2, 0.25) is 5.91 Å². The lowest BCUT2D eigenvalue weighted by molar-refractivity contribution is -0.192. The Bertz CT molecular complexity index is 631. The van der Waals surface area contributed by atoms with Crippen LogP contribution < -0.4 is 0 Å². The van der Waals surface area contributed by atoms with E-state index in [9.17, 15) is 18.0 Å². The maximum absolute atomic E-state index is 12.5. The molecule has 0 aliphatic carbocycles. The van der Waals surface area contributed by atoms with Crippen molar-refractivity contribution >= 4 is 11.9 Å². The Labute approximate surface area is 163 Å². The lowest BCUT2D eigenvalue weighted by Gasteiger charge is -2.34. The number of carbonyl (C=O) groups is 2. The SMILES string of the molecule is O=C(Cc1ccccc1)N1CCCC(CN2CCCC2)C1.O=C(O)C(F)(F)F. The van der Waals surface area contributed by atoms with E-state index < -0.39 is 12.1 Å². The van der Waals surface area contributed by atoms with Gasteiger partial charge < -0.3 is 14.9 Å². The zero-order valence-electron chi connectivity index (χ0n) is 15.8. The van der Waals surface area contributed by atoms with E-state index in [1.54, 1.807) is 0 Å². The summed E-state index contributed by atoms with van der Waals surface area (Å²) in [5.41, 5.74) is 1.13. The summed E-state index contributed by atoms with van der Waals surface area (Å²) >= 11 is 0. The molecule has 1 aromatic rings. The van der Waals surface area contributed by atoms with Gasteiger partial charge in [0, 0.05) is 19.6 Å². The highest BCUT2D eigenvalue weighted by Crippen LogP contribution is 2.20. The molecule has 0 saturated carbocycles. The van der Waals surface area contributed by atoms with Gasteiger partial charge in [-0.25, -0.2) is 4.79 Å². The molecule has 1 N–H and O–H groups in total. The Morgan fingerprint density at radius 3 is 2.21 bits per heavy atom. The molecule has 3 rings (SSSR count). The molecule has 156 valence electrons. The van der Waals surface area contributed by atoms with Gasteiger partial charge in [-0.05, 0) is 50.3 Å². The lowest BCUT2D eigenvalue weighted by atomic mass is 9.97. The molecule has 5 nitrogen and oxygen atoms in total. The lowest BCUT2D eigenvalue weighted by Crippen LogP contribution is -2.43. The predicted octanol–water partition coefficient (Wildman–Crippen LogP) is 3.20. The van der Waals surface area contributed by atoms with Crippen molar-refractivity contribution in [3.05, 3.63) is 35.9 Å². The van der Waals surface area contributed by atoms with Gasteiger partial charge in [-0.2, -0.15) is 13.2 Å². The second-order valence-electron chi connectivity index (χ2n) is 7.32. The molecule has 0 radical (unpaired) electrons. The van der Waals surface area contributed by atoms with Crippen LogP contribution in [0.15, 0.2) is 30.3 Å². The minimum Gasteiger partial charge on any atom is -0.475 e. The third kappa shape index (κ3) is 7.50. The van der Waals surface area contributed by atoms with E-state index in [1.165, 1.54) is 45.3 Å². The van der Waals surface area contributed by atoms with Gasteiger partial charge in [-0.15, -0.1) is 0 Å². The third-order valence-corrected chi connectivity index (χ3v) is 5.03. The Morgan fingerprint density at radius 2 is 1.64 bits per heavy atom. The van der Waals surface area contributed by atoms with Crippen molar-refractivity contribution < 1.29 is 27.9 Å². The average molecular weight is 400 g/mol. The normalized spacial score (nSPS) is 20.4. The first-order valence-corrected chi connectivity index (χ1v) is 9.60. The number of rotatable bonds is 4. The number of carboxylic acids is 1. The van der Waals surface area contributed by atoms with Crippen LogP contribution >= 0.6 is 0 Å². The fourth-order valence-corrected chi connectivity index (χ4v) is 3.65. The molecule has 28 heavy (non-hydrogen) atoms. The fourth-order valence-electron chi connectivity index (χ4n) is 3.65. The maximum Gasteiger partial charge on any atom is 0.490 e. The number of benzene rings is 1. The second kappa shape index (κ2) is 10.5. The monoisotopic (exact) mass is 400 g/mol. The number of alkyl halides is 3. The largest absolute Gasteiger partial charge is 0.490 e. The summed E-state index contributed by atoms with van der Waals surface area (Å²) in [6, 6.07) is 10.1. The quantitative estimate of drug-likeness (QED) is 0.843. The van der Waals surface area contributed by atoms with Crippen molar-refractivity contribution in [2.24, 2.45) is 5.92 Å². The molecular weight excluding hydrogens is 373 g/mol. The molecule has 1 atom stereocenters. The highest BCUT2D eigenvalue weighted by Gasteiger charge is 2.38. The number of hydrogen-bond acceptors (Lipinski definition) is 3. The van der Waals surface area contributed by atoms with Gasteiger partial charge in [-0.1, -0.05) is 30.3 Å². The smallest absolute Gasteiger partial charge is 0.475 e. The molecule has 2 aliphatic heterocycles. The summed E-state index contributed by atoms with van der Waals surface area (Å²) in [6.45, 7) is 5.61. The molecule has 2 saturated heterocycles. The van der Waals surface area contributed by atoms with Crippen molar-refractivity contribution in [2.45, 2.75) is 38.3 Å². The van der Waals surface area contributed by atoms with Crippen LogP contribution in [-0.2, 0) is 16.0 Å². The Hall–Kier alpha value is -2.09. The van der Waals surface area contributed by atoms with Gasteiger partial charge in [0.15, 0.2) is 0 Å². The molecule has 1 amide bonds. The van der Waals surface area contributed by atoms with Gasteiger partial charge in [-0.3, -0.25) is 4.79 Å². The number of carboxylic acid groups (broad SMARTS) is 1. The first kappa shape index (κ1) is 22.2. The number of carbonyl (C=O) groups excluding carboxylic acids is 1. The topological polar surface area (TPSA) is 60.9 Å². The summed E-state index contributed by atoms with van der Waals surface area (Å²) in [5, 5.41) is 7.12. The van der Waals surface area contributed by atoms with E-state index in [0.717, 1.165) is 18.7 Å². The molecule has 1 aromatic carbocycles. The van der Waals surface area contributed by atoms with Crippen LogP contribution in [0.4, 0.5) is 13.2 Å². The van der Waals surface area contributed by atoms with E-state index in [1.807, 2.05) is 30.3 Å². The third-order valence-electron chi connectivity index (χ3n) is 5.03. The summed E-state index contributed by atoms with van der Waals surface area (Å²) in [7, 11) is 0. The summed E-state index contributed by atoms with van der Waals surface area (Å²) in [5.74, 6) is -1.78. The first-order chi connectivity index (χ1) is 13.3. The molecule has 1 unspecified atom stereocenters. The molecule has 2 fully saturated rings. The molecule has 0 aromatic heterocycles. The number of hydrogen-bond donors (Lipinski definition) is 1. The summed E-state index contributed by atoms with van der Waals surface area (Å²) < 4.78 is 31.7. The van der Waals surface area contributed by atoms with Crippen LogP contribution in [0.3, 0.4) is 0 Å². The van der Waals surface area contributed by atoms with E-state index in [0.29, 0.717) is 18.2 Å². The van der Waals surface area contributed by atoms with Gasteiger partial charge in [0.1, 0.15) is 0 Å². The van der Waals surface area contributed by atoms with E-state index >= 15 is 0 Å². The molecule has 2 heterocycles. The minimum atomic E-state index is -5.08. The van der Waals surface area contributed by atoms with Crippen molar-refractivity contribution in [2.75, 3.05) is 32.7 Å². The molecule has 0 spiro atoms. The average Bonchev–Trinajstić information content (AvgIpc) is 3.15. The highest BCUT2D eigenvalue weighted by atomic mass is 19.4. The van der Waals surface area contributed by atoms with Crippen LogP contribution in [0.25, 0.3) is 0 Å². The Balaban J connectivity index is 0.000000345. The molecule has 8 heteroatoms. The van der Waals surface area contributed by atoms with Gasteiger partial charge in [0.05, 0.1) is 6.42 Å². The van der Waals surface area contributed by atoms with E-state index in [2.05, 4.69) is 9.80 Å². The van der Waals surface area contributed by atoms with E-state index in [-0.39, 0.29) is 0 Å². The standard InChI is InChI=1S/C18H26N2O.C2HF3O2/c21-18(13-16-7-2-1-3-8-16)20-12-6-9-17(15-20)14-19-10-4-5-11-19;3-2(4,5)1(6)7/h1-3,7-8,17H,4-6,9-15H2;(H,6,7). The molecule has 2 aliphatic rings. The molecule has 0 bridgehead atoms. The van der Waals surface area contributed by atoms with Crippen molar-refractivity contribution in [1.29, 1.82) is 0 Å². The minimum absolute atomic E-state index is 0.298. The summed E-state index contributed by atoms with van der Waals surface area (Å²) in [4.78, 5) is 26.0. The van der Waals surface area contributed by atoms with Crippen molar-refractivity contribution in [3.8, 4) is 0 Å². The van der Waals surface area contributed by atoms with Crippen LogP contribution in [0, 0.1) is 5.92 Å². The van der Waals surface area contributed by atoms with Gasteiger partial charge >= 0.3 is 12.1 Å². The van der Waals surface area contributed by atoms with Crippen LogP contribution in [0.1, 0.15) is 31.2 Å². The predicted molar refractivity (Wildman–Crippen MR) is 98.8 cm³/mol. The first-order valence-electron chi connectivity index (χ1n) is 9.60. The number of likely N-dealkylation sites (tertiary alicyclic amines) is 2. The zero-order valence-corrected chi connectivity index (χ0v) is 15.8. The van der Waals surface area contributed by atoms with Crippen molar-refractivity contribution in [1.82, 2.24) is 9.80 Å². The van der Waals surface area contributed by atoms with Crippen molar-refractivity contribution in [3.63, 3.8) is 0 Å². The number of piperidine rings is 1. The number of halogens is 3.